The molecule has 0 aliphatic carbocycles. The van der Waals surface area contributed by atoms with Crippen LogP contribution in [0, 0.1) is 0 Å². The molecule has 2 unspecified atom stereocenters. The largest absolute Gasteiger partial charge is 0.457 e. The summed E-state index contributed by atoms with van der Waals surface area (Å²) in [5.41, 5.74) is 8.27. The van der Waals surface area contributed by atoms with Gasteiger partial charge in [-0.25, -0.2) is 19.2 Å². The second-order valence-corrected chi connectivity index (χ2v) is 40.4. The van der Waals surface area contributed by atoms with Crippen LogP contribution in [-0.4, -0.2) is 313 Å². The molecule has 5 atom stereocenters. The first kappa shape index (κ1) is 100. The van der Waals surface area contributed by atoms with Crippen LogP contribution in [0.5, 0.6) is 0 Å². The summed E-state index contributed by atoms with van der Waals surface area (Å²) in [5.74, 6) is -1.57. The van der Waals surface area contributed by atoms with Gasteiger partial charge in [-0.1, -0.05) is 133 Å². The van der Waals surface area contributed by atoms with E-state index in [-0.39, 0.29) is 91.6 Å². The van der Waals surface area contributed by atoms with E-state index in [0.717, 1.165) is 142 Å². The van der Waals surface area contributed by atoms with E-state index in [9.17, 15) is 58.2 Å². The number of fused-ring (bicyclic) bond motifs is 3. The number of carbonyl (C=O) groups is 10. The number of hydrogen-bond donors (Lipinski definition) is 8. The Labute approximate surface area is 820 Å². The molecule has 138 heavy (non-hydrogen) atoms. The van der Waals surface area contributed by atoms with Crippen molar-refractivity contribution in [2.24, 2.45) is 0 Å². The lowest BCUT2D eigenvalue weighted by molar-refractivity contribution is -0.140. The highest BCUT2D eigenvalue weighted by molar-refractivity contribution is 9.10. The van der Waals surface area contributed by atoms with Crippen molar-refractivity contribution in [3.8, 4) is 0 Å². The Hall–Kier alpha value is -10.8. The Balaban J connectivity index is 0.000000152. The zero-order chi connectivity index (χ0) is 96.1. The fourth-order valence-electron chi connectivity index (χ4n) is 22.6. The van der Waals surface area contributed by atoms with E-state index >= 15 is 0 Å². The van der Waals surface area contributed by atoms with Gasteiger partial charge in [0, 0.05) is 185 Å². The number of allylic oxidation sites excluding steroid dienone is 1. The summed E-state index contributed by atoms with van der Waals surface area (Å²) in [6.45, 7) is 21.7. The van der Waals surface area contributed by atoms with Crippen molar-refractivity contribution in [2.45, 2.75) is 254 Å². The van der Waals surface area contributed by atoms with Gasteiger partial charge < -0.3 is 95.8 Å². The van der Waals surface area contributed by atoms with Crippen molar-refractivity contribution in [1.82, 2.24) is 74.7 Å². The molecule has 8 N–H and O–H groups in total. The number of para-hydroxylation sites is 3. The number of aliphatic hydroxyl groups excluding tert-OH is 2. The van der Waals surface area contributed by atoms with Crippen molar-refractivity contribution in [2.75, 3.05) is 134 Å². The van der Waals surface area contributed by atoms with Crippen molar-refractivity contribution in [3.63, 3.8) is 0 Å². The number of nitrogens with zero attached hydrogens (tertiary/aromatic N) is 12. The molecule has 0 radical (unpaired) electrons. The number of carbonyl (C=O) groups excluding carboxylic acids is 10. The lowest BCUT2D eigenvalue weighted by Crippen LogP contribution is -2.57. The maximum absolute atomic E-state index is 14.0. The Morgan fingerprint density at radius 1 is 0.399 bits per heavy atom. The number of amides is 12. The Kier molecular flexibility index (Phi) is 35.1. The summed E-state index contributed by atoms with van der Waals surface area (Å²) in [6, 6.07) is 45.3. The fourth-order valence-corrected chi connectivity index (χ4v) is 22.8. The van der Waals surface area contributed by atoms with Gasteiger partial charge >= 0.3 is 24.1 Å². The molecule has 12 amide bonds. The quantitative estimate of drug-likeness (QED) is 0.0234. The summed E-state index contributed by atoms with van der Waals surface area (Å²) in [6.07, 6.45) is 19.5. The molecule has 6 aromatic rings. The summed E-state index contributed by atoms with van der Waals surface area (Å²) in [7, 11) is 0. The normalized spacial score (nSPS) is 21.3. The Morgan fingerprint density at radius 3 is 1.22 bits per heavy atom. The van der Waals surface area contributed by atoms with Crippen LogP contribution in [0.2, 0.25) is 0 Å². The molecular formula is C106H141BrN18O13. The minimum atomic E-state index is -1.07. The van der Waals surface area contributed by atoms with E-state index in [1.165, 1.54) is 70.9 Å². The minimum Gasteiger partial charge on any atom is -0.457 e. The molecule has 32 heteroatoms. The lowest BCUT2D eigenvalue weighted by atomic mass is 9.98. The highest BCUT2D eigenvalue weighted by Crippen LogP contribution is 2.35. The SMILES string of the molecule is C=C(C)N[C@@H](CC(=O)N1CCC(N2Cc3ccccc3NC2=O)CC1)C(=O)N1CCC(N2CCCCC2)CC1.O=C(N[C@@H](CC(O)N1CCC(N2Cc3ccccc3NC2=O)CC1)C(=O)N1CCC(N2CCCCC2)CC1)c1ccc(Br)cc1.O=C(OCc1ccccc1C(=O)N[C@@H](CC(=O)N1CCC(N2Cc3ccccc3NC2=O)CC1)C(O)N1CCC(N2CCCCC2)CC1)c1ccccc1. The molecule has 0 spiro atoms. The van der Waals surface area contributed by atoms with Gasteiger partial charge in [0.15, 0.2) is 0 Å². The average molecular weight is 1960 g/mol. The number of halogens is 1. The first-order chi connectivity index (χ1) is 67.1. The number of rotatable bonds is 26. The first-order valence-electron chi connectivity index (χ1n) is 50.8. The Bertz CT molecular complexity index is 5150. The molecule has 12 aliphatic rings. The third-order valence-electron chi connectivity index (χ3n) is 30.6. The number of anilines is 3. The summed E-state index contributed by atoms with van der Waals surface area (Å²) in [4.78, 5) is 158. The smallest absolute Gasteiger partial charge is 0.338 e. The lowest BCUT2D eigenvalue weighted by Gasteiger charge is -2.43. The number of benzene rings is 6. The molecule has 0 saturated carbocycles. The number of urea groups is 3. The number of aliphatic hydroxyl groups is 2. The molecule has 12 aliphatic heterocycles. The van der Waals surface area contributed by atoms with Crippen molar-refractivity contribution in [3.05, 3.63) is 207 Å². The van der Waals surface area contributed by atoms with E-state index < -0.39 is 42.5 Å². The van der Waals surface area contributed by atoms with Gasteiger partial charge in [-0.15, -0.1) is 0 Å². The van der Waals surface area contributed by atoms with Crippen molar-refractivity contribution >= 4 is 92.5 Å². The molecule has 9 saturated heterocycles. The van der Waals surface area contributed by atoms with Crippen LogP contribution < -0.4 is 31.9 Å². The molecule has 9 fully saturated rings. The predicted molar refractivity (Wildman–Crippen MR) is 533 cm³/mol. The molecule has 740 valence electrons. The maximum Gasteiger partial charge on any atom is 0.338 e. The molecule has 6 aromatic carbocycles. The predicted octanol–water partition coefficient (Wildman–Crippen LogP) is 12.5. The van der Waals surface area contributed by atoms with Crippen LogP contribution in [0.15, 0.2) is 168 Å². The number of likely N-dealkylation sites (tertiary alicyclic amines) is 9. The third kappa shape index (κ3) is 26.0. The molecule has 31 nitrogen and oxygen atoms in total. The van der Waals surface area contributed by atoms with E-state index in [0.29, 0.717) is 144 Å². The van der Waals surface area contributed by atoms with Crippen molar-refractivity contribution in [1.29, 1.82) is 0 Å². The highest BCUT2D eigenvalue weighted by Gasteiger charge is 2.43. The van der Waals surface area contributed by atoms with Crippen LogP contribution in [0.4, 0.5) is 31.4 Å². The van der Waals surface area contributed by atoms with Crippen LogP contribution >= 0.6 is 15.9 Å². The monoisotopic (exact) mass is 1950 g/mol. The van der Waals surface area contributed by atoms with E-state index in [2.05, 4.69) is 69.1 Å². The second-order valence-electron chi connectivity index (χ2n) is 39.5. The van der Waals surface area contributed by atoms with E-state index in [1.807, 2.05) is 125 Å². The molecular weight excluding hydrogens is 1810 g/mol. The van der Waals surface area contributed by atoms with Crippen molar-refractivity contribution < 1.29 is 62.9 Å². The minimum absolute atomic E-state index is 0.00184. The maximum atomic E-state index is 14.0. The molecule has 0 aromatic heterocycles. The topological polar surface area (TPSA) is 331 Å². The number of nitrogens with one attached hydrogen (secondary N) is 6. The second kappa shape index (κ2) is 48.4. The van der Waals surface area contributed by atoms with Gasteiger partial charge in [0.1, 0.15) is 31.1 Å². The van der Waals surface area contributed by atoms with E-state index in [1.54, 1.807) is 77.7 Å². The molecule has 12 heterocycles. The highest BCUT2D eigenvalue weighted by atomic mass is 79.9. The van der Waals surface area contributed by atoms with E-state index in [4.69, 9.17) is 4.74 Å². The summed E-state index contributed by atoms with van der Waals surface area (Å²) in [5, 5.41) is 41.4. The van der Waals surface area contributed by atoms with Crippen LogP contribution in [-0.2, 0) is 50.2 Å². The zero-order valence-electron chi connectivity index (χ0n) is 80.1. The average Bonchev–Trinajstić information content (AvgIpc) is 0.802. The van der Waals surface area contributed by atoms with Gasteiger partial charge in [-0.2, -0.15) is 0 Å². The number of ether oxygens (including phenoxy) is 1. The molecule has 18 rings (SSSR count). The third-order valence-corrected chi connectivity index (χ3v) is 31.1. The fraction of sp³-hybridized carbons (Fsp3) is 0.547. The van der Waals surface area contributed by atoms with Gasteiger partial charge in [0.05, 0.1) is 24.4 Å². The van der Waals surface area contributed by atoms with Gasteiger partial charge in [-0.05, 0) is 239 Å². The van der Waals surface area contributed by atoms with Gasteiger partial charge in [0.25, 0.3) is 11.8 Å². The Morgan fingerprint density at radius 2 is 0.775 bits per heavy atom. The summed E-state index contributed by atoms with van der Waals surface area (Å²) < 4.78 is 6.43. The van der Waals surface area contributed by atoms with Crippen LogP contribution in [0.25, 0.3) is 0 Å². The molecule has 0 bridgehead atoms. The van der Waals surface area contributed by atoms with Crippen LogP contribution in [0.3, 0.4) is 0 Å². The van der Waals surface area contributed by atoms with Crippen LogP contribution in [0.1, 0.15) is 214 Å². The summed E-state index contributed by atoms with van der Waals surface area (Å²) >= 11 is 3.41. The first-order valence-corrected chi connectivity index (χ1v) is 51.6. The number of piperidine rings is 9. The number of hydrogen-bond acceptors (Lipinski definition) is 19. The standard InChI is InChI=1S/C42H52N6O6.C34H45BrN6O4.C30H44N6O3/c49-38(46-23-19-34(20-24-46)48-28-31-13-6-8-16-36(31)44-42(48)53)27-37(40(51)47-25-17-33(18-26-47)45-21-9-2-10-22-45)43-39(50)35-15-7-5-14-32(35)29-54-41(52)30-11-3-1-4-12-30;35-26-10-8-24(9-11-26)32(43)36-30(33(44)40-20-12-27(13-21-40)38-16-4-1-5-17-38)22-31(42)39-18-14-28(15-19-39)41-23-25-6-2-3-7-29(25)37-34(41)45;1-22(2)31-27(29(38)35-18-10-24(11-19-35)33-14-6-3-7-15-33)20-28(37)34-16-12-25(13-17-34)36-21-23-8-4-5-9-26(23)32-30(36)39/h1,3-8,11-16,33-34,37,40,51H,2,9-10,17-29H2,(H,43,50)(H,44,53);2-3,6-11,27-28,30-31,42H,1,4-5,12-23H2,(H,36,43)(H,37,45);4-5,8-9,24-25,27,31H,1,3,6-7,10-21H2,2H3,(H,32,39)/t37-,40?;30-,31?;27-/m000/s1. The van der Waals surface area contributed by atoms with Gasteiger partial charge in [0.2, 0.25) is 23.6 Å². The van der Waals surface area contributed by atoms with Gasteiger partial charge in [-0.3, -0.25) is 38.6 Å². The number of esters is 1. The zero-order valence-corrected chi connectivity index (χ0v) is 81.7.